The van der Waals surface area contributed by atoms with Gasteiger partial charge in [-0.15, -0.1) is 11.6 Å². The highest BCUT2D eigenvalue weighted by Crippen LogP contribution is 2.23. The zero-order chi connectivity index (χ0) is 13.9. The molecular formula is C10H11ClF3NO2S. The van der Waals surface area contributed by atoms with Gasteiger partial charge in [-0.1, -0.05) is 6.92 Å². The maximum Gasteiger partial charge on any atom is 0.248 e. The molecule has 8 heteroatoms. The van der Waals surface area contributed by atoms with Crippen molar-refractivity contribution in [1.29, 1.82) is 0 Å². The van der Waals surface area contributed by atoms with Gasteiger partial charge in [-0.05, 0) is 0 Å². The summed E-state index contributed by atoms with van der Waals surface area (Å²) in [6, 6.07) is 0.648. The molecule has 1 aromatic rings. The van der Waals surface area contributed by atoms with Crippen molar-refractivity contribution in [2.75, 3.05) is 19.0 Å². The van der Waals surface area contributed by atoms with E-state index in [0.29, 0.717) is 12.1 Å². The van der Waals surface area contributed by atoms with Crippen LogP contribution in [0.1, 0.15) is 6.92 Å². The van der Waals surface area contributed by atoms with Crippen molar-refractivity contribution in [2.24, 2.45) is 0 Å². The predicted molar refractivity (Wildman–Crippen MR) is 61.5 cm³/mol. The van der Waals surface area contributed by atoms with E-state index in [1.807, 2.05) is 0 Å². The molecule has 0 aliphatic heterocycles. The fourth-order valence-corrected chi connectivity index (χ4v) is 3.29. The third-order valence-corrected chi connectivity index (χ3v) is 4.44. The zero-order valence-corrected chi connectivity index (χ0v) is 11.0. The molecule has 18 heavy (non-hydrogen) atoms. The Kier molecular flexibility index (Phi) is 5.01. The van der Waals surface area contributed by atoms with E-state index < -0.39 is 32.4 Å². The summed E-state index contributed by atoms with van der Waals surface area (Å²) < 4.78 is 64.3. The second kappa shape index (κ2) is 5.90. The first kappa shape index (κ1) is 15.3. The molecule has 0 saturated carbocycles. The molecule has 0 fully saturated rings. The number of alkyl halides is 1. The van der Waals surface area contributed by atoms with Crippen LogP contribution in [0.2, 0.25) is 0 Å². The Hall–Kier alpha value is -0.790. The van der Waals surface area contributed by atoms with Gasteiger partial charge in [0, 0.05) is 31.1 Å². The highest BCUT2D eigenvalue weighted by atomic mass is 35.5. The summed E-state index contributed by atoms with van der Waals surface area (Å²) in [4.78, 5) is -1.16. The van der Waals surface area contributed by atoms with Gasteiger partial charge in [0.1, 0.15) is 17.5 Å². The number of hydrogen-bond donors (Lipinski definition) is 0. The summed E-state index contributed by atoms with van der Waals surface area (Å²) in [5.74, 6) is -4.11. The Morgan fingerprint density at radius 2 is 1.72 bits per heavy atom. The minimum Gasteiger partial charge on any atom is -0.207 e. The number of rotatable bonds is 5. The van der Waals surface area contributed by atoms with E-state index in [1.54, 1.807) is 0 Å². The Labute approximate surface area is 108 Å². The molecule has 0 aliphatic carbocycles. The summed E-state index contributed by atoms with van der Waals surface area (Å²) in [5, 5.41) is 0. The van der Waals surface area contributed by atoms with Gasteiger partial charge in [0.2, 0.25) is 10.0 Å². The maximum absolute atomic E-state index is 13.4. The molecule has 0 aromatic heterocycles. The Bertz CT molecular complexity index is 513. The molecule has 3 nitrogen and oxygen atoms in total. The SMILES string of the molecule is CCN(CCCl)S(=O)(=O)c1c(F)cc(F)cc1F. The van der Waals surface area contributed by atoms with Gasteiger partial charge in [0.05, 0.1) is 0 Å². The molecule has 0 aliphatic rings. The van der Waals surface area contributed by atoms with Crippen LogP contribution in [0, 0.1) is 17.5 Å². The molecule has 0 N–H and O–H groups in total. The van der Waals surface area contributed by atoms with Gasteiger partial charge in [0.25, 0.3) is 0 Å². The number of hydrogen-bond acceptors (Lipinski definition) is 2. The van der Waals surface area contributed by atoms with E-state index in [9.17, 15) is 21.6 Å². The summed E-state index contributed by atoms with van der Waals surface area (Å²) in [6.45, 7) is 1.42. The second-order valence-corrected chi connectivity index (χ2v) is 5.64. The quantitative estimate of drug-likeness (QED) is 0.783. The first-order valence-corrected chi connectivity index (χ1v) is 7.02. The lowest BCUT2D eigenvalue weighted by molar-refractivity contribution is 0.429. The molecule has 0 unspecified atom stereocenters. The number of benzene rings is 1. The molecule has 0 spiro atoms. The molecule has 0 atom stereocenters. The molecular weight excluding hydrogens is 291 g/mol. The molecule has 1 rings (SSSR count). The van der Waals surface area contributed by atoms with Crippen LogP contribution >= 0.6 is 11.6 Å². The smallest absolute Gasteiger partial charge is 0.207 e. The molecule has 1 aromatic carbocycles. The number of sulfonamides is 1. The van der Waals surface area contributed by atoms with Crippen LogP contribution in [0.25, 0.3) is 0 Å². The van der Waals surface area contributed by atoms with Crippen LogP contribution < -0.4 is 0 Å². The molecule has 0 heterocycles. The molecule has 0 bridgehead atoms. The largest absolute Gasteiger partial charge is 0.248 e. The third-order valence-electron chi connectivity index (χ3n) is 2.25. The average molecular weight is 302 g/mol. The predicted octanol–water partition coefficient (Wildman–Crippen LogP) is 2.35. The van der Waals surface area contributed by atoms with Crippen LogP contribution in [0.5, 0.6) is 0 Å². The van der Waals surface area contributed by atoms with Gasteiger partial charge in [-0.2, -0.15) is 4.31 Å². The lowest BCUT2D eigenvalue weighted by atomic mass is 10.3. The molecule has 0 saturated heterocycles. The van der Waals surface area contributed by atoms with Gasteiger partial charge in [-0.3, -0.25) is 0 Å². The zero-order valence-electron chi connectivity index (χ0n) is 9.46. The highest BCUT2D eigenvalue weighted by Gasteiger charge is 2.30. The molecule has 102 valence electrons. The monoisotopic (exact) mass is 301 g/mol. The van der Waals surface area contributed by atoms with Crippen molar-refractivity contribution >= 4 is 21.6 Å². The van der Waals surface area contributed by atoms with Crippen molar-refractivity contribution in [3.8, 4) is 0 Å². The minimum atomic E-state index is -4.36. The fourth-order valence-electron chi connectivity index (χ4n) is 1.45. The summed E-state index contributed by atoms with van der Waals surface area (Å²) >= 11 is 5.42. The minimum absolute atomic E-state index is 0.00527. The number of halogens is 4. The van der Waals surface area contributed by atoms with Gasteiger partial charge in [0.15, 0.2) is 4.90 Å². The van der Waals surface area contributed by atoms with Crippen LogP contribution in [-0.4, -0.2) is 31.7 Å². The van der Waals surface area contributed by atoms with Gasteiger partial charge in [-0.25, -0.2) is 21.6 Å². The topological polar surface area (TPSA) is 37.4 Å². The van der Waals surface area contributed by atoms with Crippen LogP contribution in [0.4, 0.5) is 13.2 Å². The summed E-state index contributed by atoms with van der Waals surface area (Å²) in [5.41, 5.74) is 0. The maximum atomic E-state index is 13.4. The molecule has 0 amide bonds. The van der Waals surface area contributed by atoms with Crippen molar-refractivity contribution in [3.63, 3.8) is 0 Å². The first-order chi connectivity index (χ1) is 8.34. The Morgan fingerprint density at radius 3 is 2.11 bits per heavy atom. The molecule has 0 radical (unpaired) electrons. The van der Waals surface area contributed by atoms with Crippen LogP contribution in [-0.2, 0) is 10.0 Å². The lowest BCUT2D eigenvalue weighted by Crippen LogP contribution is -2.33. The van der Waals surface area contributed by atoms with E-state index in [4.69, 9.17) is 11.6 Å². The van der Waals surface area contributed by atoms with E-state index in [-0.39, 0.29) is 19.0 Å². The fraction of sp³-hybridized carbons (Fsp3) is 0.400. The first-order valence-electron chi connectivity index (χ1n) is 5.05. The third kappa shape index (κ3) is 2.96. The Morgan fingerprint density at radius 1 is 1.22 bits per heavy atom. The second-order valence-electron chi connectivity index (χ2n) is 3.38. The van der Waals surface area contributed by atoms with E-state index in [2.05, 4.69) is 0 Å². The van der Waals surface area contributed by atoms with Crippen molar-refractivity contribution in [3.05, 3.63) is 29.6 Å². The van der Waals surface area contributed by atoms with Crippen molar-refractivity contribution in [2.45, 2.75) is 11.8 Å². The van der Waals surface area contributed by atoms with Crippen molar-refractivity contribution < 1.29 is 21.6 Å². The Balaban J connectivity index is 3.36. The van der Waals surface area contributed by atoms with Crippen molar-refractivity contribution in [1.82, 2.24) is 4.31 Å². The van der Waals surface area contributed by atoms with Gasteiger partial charge < -0.3 is 0 Å². The average Bonchev–Trinajstić information content (AvgIpc) is 2.23. The standard InChI is InChI=1S/C10H11ClF3NO2S/c1-2-15(4-3-11)18(16,17)10-8(13)5-7(12)6-9(10)14/h5-6H,2-4H2,1H3. The van der Waals surface area contributed by atoms with E-state index >= 15 is 0 Å². The summed E-state index contributed by atoms with van der Waals surface area (Å²) in [7, 11) is -4.36. The summed E-state index contributed by atoms with van der Waals surface area (Å²) in [6.07, 6.45) is 0. The van der Waals surface area contributed by atoms with Crippen LogP contribution in [0.3, 0.4) is 0 Å². The normalized spacial score (nSPS) is 12.1. The lowest BCUT2D eigenvalue weighted by Gasteiger charge is -2.19. The van der Waals surface area contributed by atoms with E-state index in [1.165, 1.54) is 6.92 Å². The van der Waals surface area contributed by atoms with E-state index in [0.717, 1.165) is 4.31 Å². The number of nitrogens with zero attached hydrogens (tertiary/aromatic N) is 1. The highest BCUT2D eigenvalue weighted by molar-refractivity contribution is 7.89. The van der Waals surface area contributed by atoms with Crippen LogP contribution in [0.15, 0.2) is 17.0 Å². The van der Waals surface area contributed by atoms with Gasteiger partial charge >= 0.3 is 0 Å².